The van der Waals surface area contributed by atoms with E-state index in [1.54, 1.807) is 11.8 Å². The molecule has 0 aliphatic rings. The molecule has 0 aromatic carbocycles. The Hall–Kier alpha value is -0.0300. The summed E-state index contributed by atoms with van der Waals surface area (Å²) in [6, 6.07) is 0. The molecule has 0 aliphatic carbocycles. The van der Waals surface area contributed by atoms with Gasteiger partial charge < -0.3 is 4.42 Å². The van der Waals surface area contributed by atoms with Gasteiger partial charge in [-0.2, -0.15) is 0 Å². The van der Waals surface area contributed by atoms with Crippen molar-refractivity contribution in [1.29, 1.82) is 0 Å². The third-order valence-electron chi connectivity index (χ3n) is 2.85. The highest BCUT2D eigenvalue weighted by Crippen LogP contribution is 2.37. The third-order valence-corrected chi connectivity index (χ3v) is 5.21. The van der Waals surface area contributed by atoms with E-state index in [0.717, 1.165) is 11.1 Å². The van der Waals surface area contributed by atoms with Gasteiger partial charge in [0.15, 0.2) is 0 Å². The van der Waals surface area contributed by atoms with Crippen LogP contribution < -0.4 is 0 Å². The molecule has 0 fully saturated rings. The fourth-order valence-electron chi connectivity index (χ4n) is 2.05. The van der Waals surface area contributed by atoms with Crippen LogP contribution in [0, 0.1) is 12.3 Å². The van der Waals surface area contributed by atoms with E-state index in [9.17, 15) is 0 Å². The summed E-state index contributed by atoms with van der Waals surface area (Å²) in [5, 5.41) is 9.63. The van der Waals surface area contributed by atoms with Crippen LogP contribution >= 0.6 is 27.7 Å². The van der Waals surface area contributed by atoms with Gasteiger partial charge in [-0.3, -0.25) is 0 Å². The van der Waals surface area contributed by atoms with E-state index in [-0.39, 0.29) is 0 Å². The van der Waals surface area contributed by atoms with Crippen LogP contribution in [0.5, 0.6) is 0 Å². The largest absolute Gasteiger partial charge is 0.416 e. The van der Waals surface area contributed by atoms with Crippen molar-refractivity contribution in [2.45, 2.75) is 51.7 Å². The Morgan fingerprint density at radius 2 is 1.88 bits per heavy atom. The second kappa shape index (κ2) is 7.41. The second-order valence-electron chi connectivity index (χ2n) is 4.51. The average molecular weight is 321 g/mol. The summed E-state index contributed by atoms with van der Waals surface area (Å²) < 4.78 is 5.41. The Morgan fingerprint density at radius 1 is 1.24 bits per heavy atom. The predicted octanol–water partition coefficient (Wildman–Crippen LogP) is 4.45. The molecule has 0 aliphatic heterocycles. The highest BCUT2D eigenvalue weighted by molar-refractivity contribution is 9.09. The second-order valence-corrected chi connectivity index (χ2v) is 6.00. The van der Waals surface area contributed by atoms with Gasteiger partial charge in [0.1, 0.15) is 0 Å². The van der Waals surface area contributed by atoms with Crippen molar-refractivity contribution in [1.82, 2.24) is 10.2 Å². The van der Waals surface area contributed by atoms with Gasteiger partial charge >= 0.3 is 0 Å². The summed E-state index contributed by atoms with van der Waals surface area (Å²) in [4.78, 5) is 0. The summed E-state index contributed by atoms with van der Waals surface area (Å²) in [6.45, 7) is 6.32. The lowest BCUT2D eigenvalue weighted by molar-refractivity contribution is 0.318. The molecule has 0 radical (unpaired) electrons. The average Bonchev–Trinajstić information content (AvgIpc) is 2.73. The van der Waals surface area contributed by atoms with Crippen LogP contribution in [0.15, 0.2) is 9.64 Å². The van der Waals surface area contributed by atoms with Crippen LogP contribution in [0.3, 0.4) is 0 Å². The summed E-state index contributed by atoms with van der Waals surface area (Å²) in [7, 11) is 0. The van der Waals surface area contributed by atoms with Gasteiger partial charge in [-0.1, -0.05) is 54.4 Å². The normalized spacial score (nSPS) is 12.0. The van der Waals surface area contributed by atoms with Crippen LogP contribution in [0.2, 0.25) is 0 Å². The van der Waals surface area contributed by atoms with Gasteiger partial charge in [0.2, 0.25) is 5.89 Å². The van der Waals surface area contributed by atoms with Gasteiger partial charge in [0.05, 0.1) is 0 Å². The molecule has 1 heterocycles. The van der Waals surface area contributed by atoms with Crippen LogP contribution in [0.1, 0.15) is 45.4 Å². The van der Waals surface area contributed by atoms with Crippen molar-refractivity contribution in [3.8, 4) is 0 Å². The van der Waals surface area contributed by atoms with E-state index < -0.39 is 0 Å². The van der Waals surface area contributed by atoms with Crippen LogP contribution in [0.4, 0.5) is 0 Å². The van der Waals surface area contributed by atoms with E-state index in [2.05, 4.69) is 40.0 Å². The molecule has 3 nitrogen and oxygen atoms in total. The summed E-state index contributed by atoms with van der Waals surface area (Å²) in [5.41, 5.74) is 0.358. The molecule has 1 rings (SSSR count). The van der Waals surface area contributed by atoms with Gasteiger partial charge in [0.25, 0.3) is 5.22 Å². The third kappa shape index (κ3) is 4.62. The molecular weight excluding hydrogens is 300 g/mol. The first-order valence-corrected chi connectivity index (χ1v) is 8.25. The fraction of sp³-hybridized carbons (Fsp3) is 0.833. The molecule has 0 spiro atoms. The molecule has 0 unspecified atom stereocenters. The van der Waals surface area contributed by atoms with Crippen molar-refractivity contribution in [3.05, 3.63) is 5.89 Å². The fourth-order valence-corrected chi connectivity index (χ4v) is 4.17. The quantitative estimate of drug-likeness (QED) is 0.524. The number of halogens is 1. The SMILES string of the molecule is CCCC(CBr)(CCC)CSc1nnc(C)o1. The minimum Gasteiger partial charge on any atom is -0.416 e. The van der Waals surface area contributed by atoms with Crippen LogP contribution in [-0.2, 0) is 0 Å². The van der Waals surface area contributed by atoms with E-state index in [1.807, 2.05) is 6.92 Å². The number of hydrogen-bond donors (Lipinski definition) is 0. The summed E-state index contributed by atoms with van der Waals surface area (Å²) in [6.07, 6.45) is 4.92. The van der Waals surface area contributed by atoms with Gasteiger partial charge in [-0.25, -0.2) is 0 Å². The predicted molar refractivity (Wildman–Crippen MR) is 75.8 cm³/mol. The van der Waals surface area contributed by atoms with Crippen molar-refractivity contribution in [2.24, 2.45) is 5.41 Å². The molecule has 0 atom stereocenters. The molecule has 98 valence electrons. The lowest BCUT2D eigenvalue weighted by atomic mass is 9.83. The molecule has 0 saturated carbocycles. The Labute approximate surface area is 116 Å². The summed E-state index contributed by atoms with van der Waals surface area (Å²) >= 11 is 5.36. The molecular formula is C12H21BrN2OS. The highest BCUT2D eigenvalue weighted by Gasteiger charge is 2.28. The number of aryl methyl sites for hydroxylation is 1. The van der Waals surface area contributed by atoms with Crippen molar-refractivity contribution in [2.75, 3.05) is 11.1 Å². The van der Waals surface area contributed by atoms with Crippen molar-refractivity contribution >= 4 is 27.7 Å². The number of hydrogen-bond acceptors (Lipinski definition) is 4. The van der Waals surface area contributed by atoms with Gasteiger partial charge in [-0.15, -0.1) is 10.2 Å². The molecule has 5 heteroatoms. The molecule has 0 bridgehead atoms. The molecule has 0 saturated heterocycles. The van der Waals surface area contributed by atoms with E-state index in [4.69, 9.17) is 4.42 Å². The van der Waals surface area contributed by atoms with Crippen molar-refractivity contribution in [3.63, 3.8) is 0 Å². The van der Waals surface area contributed by atoms with Gasteiger partial charge in [0, 0.05) is 18.0 Å². The Bertz CT molecular complexity index is 324. The topological polar surface area (TPSA) is 38.9 Å². The minimum absolute atomic E-state index is 0.358. The van der Waals surface area contributed by atoms with E-state index >= 15 is 0 Å². The van der Waals surface area contributed by atoms with Crippen LogP contribution in [0.25, 0.3) is 0 Å². The number of rotatable bonds is 8. The van der Waals surface area contributed by atoms with E-state index in [0.29, 0.717) is 16.5 Å². The van der Waals surface area contributed by atoms with Crippen molar-refractivity contribution < 1.29 is 4.42 Å². The molecule has 0 amide bonds. The first kappa shape index (κ1) is 15.0. The molecule has 0 N–H and O–H groups in total. The first-order valence-electron chi connectivity index (χ1n) is 6.14. The Balaban J connectivity index is 2.59. The maximum atomic E-state index is 5.41. The zero-order valence-corrected chi connectivity index (χ0v) is 13.2. The maximum absolute atomic E-state index is 5.41. The number of alkyl halides is 1. The Morgan fingerprint density at radius 3 is 2.29 bits per heavy atom. The molecule has 17 heavy (non-hydrogen) atoms. The number of thioether (sulfide) groups is 1. The Kier molecular flexibility index (Phi) is 6.55. The lowest BCUT2D eigenvalue weighted by Crippen LogP contribution is -2.25. The van der Waals surface area contributed by atoms with Gasteiger partial charge in [-0.05, 0) is 18.3 Å². The smallest absolute Gasteiger partial charge is 0.276 e. The monoisotopic (exact) mass is 320 g/mol. The zero-order valence-electron chi connectivity index (χ0n) is 10.8. The lowest BCUT2D eigenvalue weighted by Gasteiger charge is -2.30. The number of nitrogens with zero attached hydrogens (tertiary/aromatic N) is 2. The molecule has 1 aromatic heterocycles. The maximum Gasteiger partial charge on any atom is 0.276 e. The standard InChI is InChI=1S/C12H21BrN2OS/c1-4-6-12(8-13,7-5-2)9-17-11-15-14-10(3)16-11/h4-9H2,1-3H3. The number of aromatic nitrogens is 2. The first-order chi connectivity index (χ1) is 8.15. The summed E-state index contributed by atoms with van der Waals surface area (Å²) in [5.74, 6) is 1.68. The minimum atomic E-state index is 0.358. The highest BCUT2D eigenvalue weighted by atomic mass is 79.9. The molecule has 1 aromatic rings. The van der Waals surface area contributed by atoms with E-state index in [1.165, 1.54) is 25.7 Å². The van der Waals surface area contributed by atoms with Crippen LogP contribution in [-0.4, -0.2) is 21.3 Å². The zero-order chi connectivity index (χ0) is 12.7.